The molecule has 1 aliphatic rings. The molecular formula is C13H19NO4S. The van der Waals surface area contributed by atoms with Gasteiger partial charge in [0.05, 0.1) is 10.9 Å². The first-order valence-corrected chi connectivity index (χ1v) is 7.99. The number of benzene rings is 1. The Morgan fingerprint density at radius 2 is 2.05 bits per heavy atom. The van der Waals surface area contributed by atoms with E-state index in [4.69, 9.17) is 4.74 Å². The van der Waals surface area contributed by atoms with Gasteiger partial charge in [0, 0.05) is 13.2 Å². The van der Waals surface area contributed by atoms with Gasteiger partial charge < -0.3 is 9.84 Å². The van der Waals surface area contributed by atoms with Gasteiger partial charge in [0.15, 0.2) is 0 Å². The molecule has 0 radical (unpaired) electrons. The highest BCUT2D eigenvalue weighted by molar-refractivity contribution is 7.93. The Bertz CT molecular complexity index is 536. The second-order valence-corrected chi connectivity index (χ2v) is 6.62. The summed E-state index contributed by atoms with van der Waals surface area (Å²) in [5.74, 6) is -0.0483. The topological polar surface area (TPSA) is 75.6 Å². The van der Waals surface area contributed by atoms with E-state index in [9.17, 15) is 13.5 Å². The van der Waals surface area contributed by atoms with Crippen molar-refractivity contribution >= 4 is 15.7 Å². The number of aryl methyl sites for hydroxylation is 1. The van der Waals surface area contributed by atoms with Crippen LogP contribution in [-0.4, -0.2) is 32.0 Å². The summed E-state index contributed by atoms with van der Waals surface area (Å²) in [6.07, 6.45) is 1.76. The van der Waals surface area contributed by atoms with Crippen LogP contribution in [0.15, 0.2) is 18.2 Å². The first kappa shape index (κ1) is 14.1. The van der Waals surface area contributed by atoms with Gasteiger partial charge in [-0.15, -0.1) is 0 Å². The fraction of sp³-hybridized carbons (Fsp3) is 0.538. The molecule has 1 aromatic rings. The molecule has 0 bridgehead atoms. The molecule has 5 nitrogen and oxygen atoms in total. The summed E-state index contributed by atoms with van der Waals surface area (Å²) in [5, 5.41) is 9.29. The molecule has 0 unspecified atom stereocenters. The van der Waals surface area contributed by atoms with Crippen LogP contribution in [0.25, 0.3) is 0 Å². The minimum Gasteiger partial charge on any atom is -0.506 e. The predicted octanol–water partition coefficient (Wildman–Crippen LogP) is 1.88. The van der Waals surface area contributed by atoms with E-state index in [-0.39, 0.29) is 11.4 Å². The number of anilines is 1. The Morgan fingerprint density at radius 1 is 1.37 bits per heavy atom. The van der Waals surface area contributed by atoms with Gasteiger partial charge in [-0.25, -0.2) is 8.42 Å². The molecule has 1 heterocycles. The van der Waals surface area contributed by atoms with Crippen LogP contribution in [-0.2, 0) is 21.2 Å². The first-order chi connectivity index (χ1) is 9.03. The molecule has 2 N–H and O–H groups in total. The highest BCUT2D eigenvalue weighted by Gasteiger charge is 2.28. The smallest absolute Gasteiger partial charge is 0.235 e. The van der Waals surface area contributed by atoms with E-state index in [1.807, 2.05) is 6.92 Å². The molecule has 0 saturated carbocycles. The summed E-state index contributed by atoms with van der Waals surface area (Å²) in [5.41, 5.74) is 1.23. The molecule has 1 saturated heterocycles. The number of hydrogen-bond donors (Lipinski definition) is 2. The number of nitrogens with one attached hydrogen (secondary N) is 1. The molecule has 1 aromatic carbocycles. The van der Waals surface area contributed by atoms with Crippen LogP contribution in [0.3, 0.4) is 0 Å². The number of sulfonamides is 1. The Labute approximate surface area is 113 Å². The molecule has 106 valence electrons. The predicted molar refractivity (Wildman–Crippen MR) is 73.9 cm³/mol. The minimum absolute atomic E-state index is 0.0483. The number of phenols is 1. The van der Waals surface area contributed by atoms with Crippen LogP contribution < -0.4 is 4.72 Å². The van der Waals surface area contributed by atoms with E-state index in [2.05, 4.69) is 4.72 Å². The fourth-order valence-electron chi connectivity index (χ4n) is 2.11. The van der Waals surface area contributed by atoms with Crippen molar-refractivity contribution < 1.29 is 18.3 Å². The quantitative estimate of drug-likeness (QED) is 0.828. The molecule has 6 heteroatoms. The summed E-state index contributed by atoms with van der Waals surface area (Å²) in [4.78, 5) is 0. The van der Waals surface area contributed by atoms with Crippen LogP contribution in [0, 0.1) is 0 Å². The van der Waals surface area contributed by atoms with Gasteiger partial charge in [-0.1, -0.05) is 13.0 Å². The van der Waals surface area contributed by atoms with Gasteiger partial charge in [0.25, 0.3) is 0 Å². The van der Waals surface area contributed by atoms with Gasteiger partial charge in [-0.2, -0.15) is 0 Å². The van der Waals surface area contributed by atoms with E-state index in [0.29, 0.717) is 26.1 Å². The minimum atomic E-state index is -3.47. The van der Waals surface area contributed by atoms with E-state index >= 15 is 0 Å². The zero-order valence-corrected chi connectivity index (χ0v) is 11.7. The van der Waals surface area contributed by atoms with E-state index in [1.165, 1.54) is 6.07 Å². The molecule has 0 aliphatic carbocycles. The largest absolute Gasteiger partial charge is 0.506 e. The highest BCUT2D eigenvalue weighted by atomic mass is 32.2. The monoisotopic (exact) mass is 285 g/mol. The van der Waals surface area contributed by atoms with E-state index in [0.717, 1.165) is 12.0 Å². The third-order valence-corrected chi connectivity index (χ3v) is 5.18. The molecule has 0 atom stereocenters. The second kappa shape index (κ2) is 5.79. The molecule has 0 amide bonds. The molecule has 1 aliphatic heterocycles. The average Bonchev–Trinajstić information content (AvgIpc) is 2.42. The Hall–Kier alpha value is -1.27. The number of phenolic OH excluding ortho intramolecular Hbond substituents is 1. The number of hydrogen-bond acceptors (Lipinski definition) is 4. The zero-order chi connectivity index (χ0) is 13.9. The van der Waals surface area contributed by atoms with Gasteiger partial charge >= 0.3 is 0 Å². The van der Waals surface area contributed by atoms with Crippen LogP contribution in [0.2, 0.25) is 0 Å². The average molecular weight is 285 g/mol. The summed E-state index contributed by atoms with van der Waals surface area (Å²) in [6, 6.07) is 4.97. The fourth-order valence-corrected chi connectivity index (χ4v) is 3.56. The lowest BCUT2D eigenvalue weighted by molar-refractivity contribution is 0.0984. The van der Waals surface area contributed by atoms with Crippen LogP contribution in [0.4, 0.5) is 5.69 Å². The molecular weight excluding hydrogens is 266 g/mol. The van der Waals surface area contributed by atoms with E-state index in [1.54, 1.807) is 12.1 Å². The van der Waals surface area contributed by atoms with Crippen molar-refractivity contribution in [2.24, 2.45) is 0 Å². The van der Waals surface area contributed by atoms with Crippen LogP contribution in [0.5, 0.6) is 5.75 Å². The number of aromatic hydroxyl groups is 1. The maximum absolute atomic E-state index is 12.2. The molecule has 19 heavy (non-hydrogen) atoms. The van der Waals surface area contributed by atoms with Crippen molar-refractivity contribution in [3.05, 3.63) is 23.8 Å². The van der Waals surface area contributed by atoms with Crippen molar-refractivity contribution in [1.82, 2.24) is 0 Å². The summed E-state index contributed by atoms with van der Waals surface area (Å²) in [6.45, 7) is 2.91. The Morgan fingerprint density at radius 3 is 2.68 bits per heavy atom. The third-order valence-electron chi connectivity index (χ3n) is 3.33. The van der Waals surface area contributed by atoms with Crippen molar-refractivity contribution in [2.45, 2.75) is 31.4 Å². The van der Waals surface area contributed by atoms with Gasteiger partial charge in [-0.3, -0.25) is 4.72 Å². The van der Waals surface area contributed by atoms with E-state index < -0.39 is 15.3 Å². The second-order valence-electron chi connectivity index (χ2n) is 4.66. The van der Waals surface area contributed by atoms with Crippen LogP contribution in [0.1, 0.15) is 25.3 Å². The zero-order valence-electron chi connectivity index (χ0n) is 10.9. The lowest BCUT2D eigenvalue weighted by Crippen LogP contribution is -2.33. The first-order valence-electron chi connectivity index (χ1n) is 6.44. The van der Waals surface area contributed by atoms with Crippen molar-refractivity contribution in [1.29, 1.82) is 0 Å². The van der Waals surface area contributed by atoms with Gasteiger partial charge in [0.2, 0.25) is 10.0 Å². The maximum Gasteiger partial charge on any atom is 0.235 e. The summed E-state index contributed by atoms with van der Waals surface area (Å²) >= 11 is 0. The molecule has 0 spiro atoms. The highest BCUT2D eigenvalue weighted by Crippen LogP contribution is 2.27. The molecule has 1 fully saturated rings. The summed E-state index contributed by atoms with van der Waals surface area (Å²) < 4.78 is 32.1. The standard InChI is InChI=1S/C13H19NO4S/c1-2-10-3-4-13(15)12(9-10)14-19(16,17)11-5-7-18-8-6-11/h3-4,9,11,14-15H,2,5-8H2,1H3. The van der Waals surface area contributed by atoms with Crippen molar-refractivity contribution in [2.75, 3.05) is 17.9 Å². The van der Waals surface area contributed by atoms with Crippen molar-refractivity contribution in [3.8, 4) is 5.75 Å². The maximum atomic E-state index is 12.2. The Kier molecular flexibility index (Phi) is 4.31. The number of rotatable bonds is 4. The Balaban J connectivity index is 2.19. The SMILES string of the molecule is CCc1ccc(O)c(NS(=O)(=O)C2CCOCC2)c1. The summed E-state index contributed by atoms with van der Waals surface area (Å²) in [7, 11) is -3.47. The molecule has 0 aromatic heterocycles. The lowest BCUT2D eigenvalue weighted by Gasteiger charge is -2.23. The normalized spacial score (nSPS) is 17.3. The lowest BCUT2D eigenvalue weighted by atomic mass is 10.1. The number of ether oxygens (including phenoxy) is 1. The van der Waals surface area contributed by atoms with Crippen molar-refractivity contribution in [3.63, 3.8) is 0 Å². The molecule has 2 rings (SSSR count). The van der Waals surface area contributed by atoms with Gasteiger partial charge in [-0.05, 0) is 37.0 Å². The van der Waals surface area contributed by atoms with Gasteiger partial charge in [0.1, 0.15) is 5.75 Å². The third kappa shape index (κ3) is 3.39. The van der Waals surface area contributed by atoms with Crippen LogP contribution >= 0.6 is 0 Å².